The van der Waals surface area contributed by atoms with E-state index in [1.54, 1.807) is 6.08 Å². The summed E-state index contributed by atoms with van der Waals surface area (Å²) in [5.74, 6) is 0. The predicted molar refractivity (Wildman–Crippen MR) is 67.6 cm³/mol. The molecule has 16 heavy (non-hydrogen) atoms. The van der Waals surface area contributed by atoms with Crippen molar-refractivity contribution in [3.63, 3.8) is 0 Å². The van der Waals surface area contributed by atoms with Crippen LogP contribution in [0.5, 0.6) is 0 Å². The first-order valence-electron chi connectivity index (χ1n) is 5.28. The molecule has 1 aromatic carbocycles. The summed E-state index contributed by atoms with van der Waals surface area (Å²) >= 11 is 0. The maximum atomic E-state index is 8.82. The molecule has 0 radical (unpaired) electrons. The summed E-state index contributed by atoms with van der Waals surface area (Å²) < 4.78 is 0. The van der Waals surface area contributed by atoms with E-state index in [9.17, 15) is 0 Å². The topological polar surface area (TPSA) is 23.8 Å². The van der Waals surface area contributed by atoms with E-state index in [1.165, 1.54) is 11.1 Å². The van der Waals surface area contributed by atoms with E-state index in [2.05, 4.69) is 43.3 Å². The molecule has 0 bridgehead atoms. The molecule has 0 fully saturated rings. The molecule has 0 spiro atoms. The largest absolute Gasteiger partial charge is 0.193 e. The smallest absolute Gasteiger partial charge is 0.0918 e. The summed E-state index contributed by atoms with van der Waals surface area (Å²) in [6.07, 6.45) is 7.82. The highest BCUT2D eigenvalue weighted by Gasteiger charge is 2.07. The van der Waals surface area contributed by atoms with Crippen molar-refractivity contribution >= 4 is 11.6 Å². The molecule has 0 heterocycles. The van der Waals surface area contributed by atoms with Crippen molar-refractivity contribution in [3.8, 4) is 6.07 Å². The highest BCUT2D eigenvalue weighted by atomic mass is 14.2. The molecule has 1 heteroatoms. The van der Waals surface area contributed by atoms with Crippen molar-refractivity contribution in [2.24, 2.45) is 0 Å². The molecule has 0 saturated carbocycles. The molecule has 0 unspecified atom stereocenters. The molecule has 1 aliphatic carbocycles. The molecular formula is C15H13N. The van der Waals surface area contributed by atoms with Gasteiger partial charge in [-0.25, -0.2) is 0 Å². The van der Waals surface area contributed by atoms with Gasteiger partial charge in [-0.1, -0.05) is 47.6 Å². The van der Waals surface area contributed by atoms with E-state index in [4.69, 9.17) is 5.26 Å². The molecule has 0 N–H and O–H groups in total. The fourth-order valence-corrected chi connectivity index (χ4v) is 1.85. The highest BCUT2D eigenvalue weighted by Crippen LogP contribution is 2.27. The second kappa shape index (κ2) is 4.20. The van der Waals surface area contributed by atoms with Crippen LogP contribution in [0.2, 0.25) is 0 Å². The monoisotopic (exact) mass is 207 g/mol. The zero-order valence-corrected chi connectivity index (χ0v) is 9.49. The summed E-state index contributed by atoms with van der Waals surface area (Å²) in [6.45, 7) is 4.11. The average molecular weight is 207 g/mol. The van der Waals surface area contributed by atoms with Crippen LogP contribution in [-0.2, 0) is 0 Å². The number of hydrogen-bond donors (Lipinski definition) is 0. The van der Waals surface area contributed by atoms with Gasteiger partial charge in [-0.2, -0.15) is 5.26 Å². The van der Waals surface area contributed by atoms with Gasteiger partial charge in [0.25, 0.3) is 0 Å². The number of fused-ring (bicyclic) bond motifs is 1. The lowest BCUT2D eigenvalue weighted by Gasteiger charge is -2.06. The van der Waals surface area contributed by atoms with Gasteiger partial charge in [-0.3, -0.25) is 0 Å². The SMILES string of the molecule is CC1=CC(=CC#N)c2cc(C)ccc2C=C1. The number of nitriles is 1. The Labute approximate surface area is 96.0 Å². The summed E-state index contributed by atoms with van der Waals surface area (Å²) in [5.41, 5.74) is 5.66. The Bertz CT molecular complexity index is 551. The van der Waals surface area contributed by atoms with Crippen LogP contribution in [0.1, 0.15) is 23.6 Å². The number of hydrogen-bond acceptors (Lipinski definition) is 1. The molecule has 0 amide bonds. The first-order chi connectivity index (χ1) is 7.70. The third kappa shape index (κ3) is 1.97. The normalized spacial score (nSPS) is 16.3. The van der Waals surface area contributed by atoms with Crippen molar-refractivity contribution in [2.45, 2.75) is 13.8 Å². The van der Waals surface area contributed by atoms with Crippen molar-refractivity contribution in [3.05, 3.63) is 58.7 Å². The van der Waals surface area contributed by atoms with Crippen LogP contribution in [0.15, 0.2) is 42.0 Å². The number of nitrogens with zero attached hydrogens (tertiary/aromatic N) is 1. The number of rotatable bonds is 0. The minimum atomic E-state index is 0.990. The van der Waals surface area contributed by atoms with E-state index >= 15 is 0 Å². The minimum absolute atomic E-state index is 0.990. The maximum Gasteiger partial charge on any atom is 0.0918 e. The van der Waals surface area contributed by atoms with Crippen molar-refractivity contribution in [1.29, 1.82) is 5.26 Å². The van der Waals surface area contributed by atoms with Crippen LogP contribution in [-0.4, -0.2) is 0 Å². The van der Waals surface area contributed by atoms with Gasteiger partial charge in [0, 0.05) is 6.08 Å². The van der Waals surface area contributed by atoms with Gasteiger partial charge >= 0.3 is 0 Å². The van der Waals surface area contributed by atoms with Crippen LogP contribution in [0.3, 0.4) is 0 Å². The zero-order valence-electron chi connectivity index (χ0n) is 9.49. The third-order valence-corrected chi connectivity index (χ3v) is 2.65. The molecule has 1 aliphatic rings. The minimum Gasteiger partial charge on any atom is -0.193 e. The third-order valence-electron chi connectivity index (χ3n) is 2.65. The first kappa shape index (κ1) is 10.4. The van der Waals surface area contributed by atoms with E-state index < -0.39 is 0 Å². The van der Waals surface area contributed by atoms with Gasteiger partial charge in [0.2, 0.25) is 0 Å². The standard InChI is InChI=1S/C15H13N/c1-11-3-5-13-6-4-12(2)10-15(13)14(9-11)7-8-16/h3-7,9-10H,1-2H3. The Balaban J connectivity index is 2.68. The highest BCUT2D eigenvalue weighted by molar-refractivity contribution is 5.84. The summed E-state index contributed by atoms with van der Waals surface area (Å²) in [6, 6.07) is 8.42. The summed E-state index contributed by atoms with van der Waals surface area (Å²) in [4.78, 5) is 0. The van der Waals surface area contributed by atoms with E-state index in [0.29, 0.717) is 0 Å². The molecule has 1 aromatic rings. The summed E-state index contributed by atoms with van der Waals surface area (Å²) in [5, 5.41) is 8.82. The second-order valence-corrected chi connectivity index (χ2v) is 4.04. The molecule has 78 valence electrons. The molecule has 0 saturated heterocycles. The van der Waals surface area contributed by atoms with Gasteiger partial charge in [-0.15, -0.1) is 0 Å². The fourth-order valence-electron chi connectivity index (χ4n) is 1.85. The Morgan fingerprint density at radius 3 is 2.75 bits per heavy atom. The molecule has 2 rings (SSSR count). The Kier molecular flexibility index (Phi) is 2.74. The van der Waals surface area contributed by atoms with E-state index in [1.807, 2.05) is 13.0 Å². The molecule has 1 nitrogen and oxygen atoms in total. The number of aryl methyl sites for hydroxylation is 1. The van der Waals surface area contributed by atoms with E-state index in [0.717, 1.165) is 16.7 Å². The van der Waals surface area contributed by atoms with Gasteiger partial charge in [0.05, 0.1) is 6.07 Å². The van der Waals surface area contributed by atoms with Crippen molar-refractivity contribution < 1.29 is 0 Å². The maximum absolute atomic E-state index is 8.82. The molecule has 0 aromatic heterocycles. The van der Waals surface area contributed by atoms with Crippen LogP contribution >= 0.6 is 0 Å². The molecule has 0 atom stereocenters. The van der Waals surface area contributed by atoms with Gasteiger partial charge in [0.15, 0.2) is 0 Å². The molecule has 0 aliphatic heterocycles. The van der Waals surface area contributed by atoms with Crippen LogP contribution in [0, 0.1) is 18.3 Å². The van der Waals surface area contributed by atoms with Gasteiger partial charge in [-0.05, 0) is 30.5 Å². The lowest BCUT2D eigenvalue weighted by molar-refractivity contribution is 1.43. The van der Waals surface area contributed by atoms with Gasteiger partial charge in [0.1, 0.15) is 0 Å². The average Bonchev–Trinajstić information content (AvgIpc) is 2.40. The van der Waals surface area contributed by atoms with Crippen molar-refractivity contribution in [2.75, 3.05) is 0 Å². The van der Waals surface area contributed by atoms with Crippen molar-refractivity contribution in [1.82, 2.24) is 0 Å². The van der Waals surface area contributed by atoms with E-state index in [-0.39, 0.29) is 0 Å². The first-order valence-corrected chi connectivity index (χ1v) is 5.28. The summed E-state index contributed by atoms with van der Waals surface area (Å²) in [7, 11) is 0. The zero-order chi connectivity index (χ0) is 11.5. The number of benzene rings is 1. The lowest BCUT2D eigenvalue weighted by atomic mass is 9.98. The van der Waals surface area contributed by atoms with Crippen LogP contribution < -0.4 is 0 Å². The number of allylic oxidation sites excluding steroid dienone is 5. The Morgan fingerprint density at radius 2 is 2.00 bits per heavy atom. The predicted octanol–water partition coefficient (Wildman–Crippen LogP) is 3.88. The van der Waals surface area contributed by atoms with Crippen LogP contribution in [0.4, 0.5) is 0 Å². The van der Waals surface area contributed by atoms with Gasteiger partial charge < -0.3 is 0 Å². The molecular weight excluding hydrogens is 194 g/mol. The Hall–Kier alpha value is -2.07. The quantitative estimate of drug-likeness (QED) is 0.592. The lowest BCUT2D eigenvalue weighted by Crippen LogP contribution is -1.87. The Morgan fingerprint density at radius 1 is 1.19 bits per heavy atom. The second-order valence-electron chi connectivity index (χ2n) is 4.04. The fraction of sp³-hybridized carbons (Fsp3) is 0.133. The van der Waals surface area contributed by atoms with Crippen LogP contribution in [0.25, 0.3) is 11.6 Å².